The Kier molecular flexibility index (Phi) is 3.91. The zero-order chi connectivity index (χ0) is 12.3. The molecule has 0 radical (unpaired) electrons. The largest absolute Gasteiger partial charge is 0.260 e. The molecule has 88 valence electrons. The van der Waals surface area contributed by atoms with E-state index >= 15 is 0 Å². The Bertz CT molecular complexity index is 504. The van der Waals surface area contributed by atoms with Gasteiger partial charge < -0.3 is 0 Å². The lowest BCUT2D eigenvalue weighted by molar-refractivity contribution is 0.753. The van der Waals surface area contributed by atoms with Crippen molar-refractivity contribution in [3.63, 3.8) is 0 Å². The van der Waals surface area contributed by atoms with Gasteiger partial charge in [-0.1, -0.05) is 25.4 Å². The molecule has 4 nitrogen and oxygen atoms in total. The van der Waals surface area contributed by atoms with E-state index in [9.17, 15) is 0 Å². The standard InChI is InChI=1S/C11H11ClN4S/c1-7(2)11-15-8(12)5-9(16-11)17-10-6-13-3-4-14-10/h3-7H,1-2H3. The topological polar surface area (TPSA) is 51.6 Å². The Morgan fingerprint density at radius 2 is 2.00 bits per heavy atom. The van der Waals surface area contributed by atoms with Crippen molar-refractivity contribution in [1.29, 1.82) is 0 Å². The van der Waals surface area contributed by atoms with Crippen LogP contribution in [0.5, 0.6) is 0 Å². The van der Waals surface area contributed by atoms with Gasteiger partial charge in [-0.25, -0.2) is 15.0 Å². The van der Waals surface area contributed by atoms with Crippen molar-refractivity contribution < 1.29 is 0 Å². The van der Waals surface area contributed by atoms with Gasteiger partial charge in [0, 0.05) is 24.4 Å². The molecule has 6 heteroatoms. The number of aromatic nitrogens is 4. The molecule has 2 aromatic rings. The predicted molar refractivity (Wildman–Crippen MR) is 67.3 cm³/mol. The summed E-state index contributed by atoms with van der Waals surface area (Å²) in [5.74, 6) is 0.985. The lowest BCUT2D eigenvalue weighted by Crippen LogP contribution is -1.98. The normalized spacial score (nSPS) is 10.8. The molecule has 0 unspecified atom stereocenters. The van der Waals surface area contributed by atoms with E-state index in [1.807, 2.05) is 13.8 Å². The third kappa shape index (κ3) is 3.38. The van der Waals surface area contributed by atoms with Gasteiger partial charge >= 0.3 is 0 Å². The summed E-state index contributed by atoms with van der Waals surface area (Å²) < 4.78 is 0. The van der Waals surface area contributed by atoms with Gasteiger partial charge in [-0.05, 0) is 11.8 Å². The Balaban J connectivity index is 2.27. The third-order valence-corrected chi connectivity index (χ3v) is 2.99. The summed E-state index contributed by atoms with van der Waals surface area (Å²) in [6.07, 6.45) is 4.97. The molecule has 0 aliphatic rings. The molecular weight excluding hydrogens is 256 g/mol. The van der Waals surface area contributed by atoms with Crippen LogP contribution in [-0.2, 0) is 0 Å². The molecule has 0 aromatic carbocycles. The predicted octanol–water partition coefficient (Wildman–Crippen LogP) is 3.19. The van der Waals surface area contributed by atoms with E-state index in [1.165, 1.54) is 11.8 Å². The Hall–Kier alpha value is -1.20. The number of hydrogen-bond donors (Lipinski definition) is 0. The van der Waals surface area contributed by atoms with E-state index in [0.29, 0.717) is 5.15 Å². The second-order valence-electron chi connectivity index (χ2n) is 3.69. The highest BCUT2D eigenvalue weighted by Gasteiger charge is 2.08. The third-order valence-electron chi connectivity index (χ3n) is 1.95. The van der Waals surface area contributed by atoms with Crippen LogP contribution in [-0.4, -0.2) is 19.9 Å². The first-order chi connectivity index (χ1) is 8.15. The summed E-state index contributed by atoms with van der Waals surface area (Å²) in [6.45, 7) is 4.06. The summed E-state index contributed by atoms with van der Waals surface area (Å²) in [4.78, 5) is 16.8. The summed E-state index contributed by atoms with van der Waals surface area (Å²) in [7, 11) is 0. The van der Waals surface area contributed by atoms with Crippen molar-refractivity contribution >= 4 is 23.4 Å². The van der Waals surface area contributed by atoms with Crippen LogP contribution < -0.4 is 0 Å². The van der Waals surface area contributed by atoms with Crippen molar-refractivity contribution in [2.45, 2.75) is 29.8 Å². The van der Waals surface area contributed by atoms with E-state index in [4.69, 9.17) is 11.6 Å². The first-order valence-corrected chi connectivity index (χ1v) is 6.33. The second-order valence-corrected chi connectivity index (χ2v) is 5.12. The number of rotatable bonds is 3. The Morgan fingerprint density at radius 1 is 1.18 bits per heavy atom. The zero-order valence-electron chi connectivity index (χ0n) is 9.46. The van der Waals surface area contributed by atoms with Crippen molar-refractivity contribution in [1.82, 2.24) is 19.9 Å². The molecule has 0 amide bonds. The van der Waals surface area contributed by atoms with Gasteiger partial charge in [0.25, 0.3) is 0 Å². The number of hydrogen-bond acceptors (Lipinski definition) is 5. The maximum Gasteiger partial charge on any atom is 0.133 e. The molecule has 0 atom stereocenters. The van der Waals surface area contributed by atoms with Crippen molar-refractivity contribution in [2.24, 2.45) is 0 Å². The fourth-order valence-electron chi connectivity index (χ4n) is 1.17. The lowest BCUT2D eigenvalue weighted by Gasteiger charge is -2.06. The molecule has 0 N–H and O–H groups in total. The molecule has 0 spiro atoms. The SMILES string of the molecule is CC(C)c1nc(Cl)cc(Sc2cnccn2)n1. The number of nitrogens with zero attached hydrogens (tertiary/aromatic N) is 4. The lowest BCUT2D eigenvalue weighted by atomic mass is 10.2. The molecule has 0 saturated carbocycles. The van der Waals surface area contributed by atoms with Crippen LogP contribution in [0.2, 0.25) is 5.15 Å². The second kappa shape index (κ2) is 5.42. The van der Waals surface area contributed by atoms with Crippen molar-refractivity contribution in [3.05, 3.63) is 35.6 Å². The minimum atomic E-state index is 0.245. The molecule has 0 aliphatic heterocycles. The maximum absolute atomic E-state index is 5.96. The highest BCUT2D eigenvalue weighted by Crippen LogP contribution is 2.26. The smallest absolute Gasteiger partial charge is 0.133 e. The molecule has 0 saturated heterocycles. The molecule has 17 heavy (non-hydrogen) atoms. The molecule has 0 bridgehead atoms. The fraction of sp³-hybridized carbons (Fsp3) is 0.273. The summed E-state index contributed by atoms with van der Waals surface area (Å²) >= 11 is 7.38. The molecule has 0 fully saturated rings. The van der Waals surface area contributed by atoms with Gasteiger partial charge in [-0.3, -0.25) is 4.98 Å². The van der Waals surface area contributed by atoms with Gasteiger partial charge in [0.15, 0.2) is 0 Å². The Labute approximate surface area is 109 Å². The molecule has 2 aromatic heterocycles. The van der Waals surface area contributed by atoms with Gasteiger partial charge in [0.1, 0.15) is 21.0 Å². The van der Waals surface area contributed by atoms with E-state index in [-0.39, 0.29) is 5.92 Å². The van der Waals surface area contributed by atoms with Crippen LogP contribution in [0.1, 0.15) is 25.6 Å². The number of halogens is 1. The zero-order valence-corrected chi connectivity index (χ0v) is 11.0. The molecule has 2 rings (SSSR count). The van der Waals surface area contributed by atoms with Gasteiger partial charge in [0.05, 0.1) is 6.20 Å². The summed E-state index contributed by atoms with van der Waals surface area (Å²) in [6, 6.07) is 1.73. The van der Waals surface area contributed by atoms with E-state index in [2.05, 4.69) is 19.9 Å². The minimum absolute atomic E-state index is 0.245. The first kappa shape index (κ1) is 12.3. The van der Waals surface area contributed by atoms with Gasteiger partial charge in [-0.2, -0.15) is 0 Å². The molecule has 2 heterocycles. The first-order valence-electron chi connectivity index (χ1n) is 5.13. The van der Waals surface area contributed by atoms with E-state index < -0.39 is 0 Å². The van der Waals surface area contributed by atoms with Crippen LogP contribution >= 0.6 is 23.4 Å². The minimum Gasteiger partial charge on any atom is -0.260 e. The average Bonchev–Trinajstić information content (AvgIpc) is 2.29. The van der Waals surface area contributed by atoms with Crippen LogP contribution in [0.3, 0.4) is 0 Å². The quantitative estimate of drug-likeness (QED) is 0.799. The maximum atomic E-state index is 5.96. The van der Waals surface area contributed by atoms with Crippen LogP contribution in [0.15, 0.2) is 34.7 Å². The van der Waals surface area contributed by atoms with Crippen LogP contribution in [0.25, 0.3) is 0 Å². The van der Waals surface area contributed by atoms with Crippen LogP contribution in [0.4, 0.5) is 0 Å². The summed E-state index contributed by atoms with van der Waals surface area (Å²) in [5, 5.41) is 2.03. The van der Waals surface area contributed by atoms with Gasteiger partial charge in [-0.15, -0.1) is 0 Å². The molecular formula is C11H11ClN4S. The van der Waals surface area contributed by atoms with Crippen LogP contribution in [0, 0.1) is 0 Å². The summed E-state index contributed by atoms with van der Waals surface area (Å²) in [5.41, 5.74) is 0. The van der Waals surface area contributed by atoms with Gasteiger partial charge in [0.2, 0.25) is 0 Å². The van der Waals surface area contributed by atoms with Crippen molar-refractivity contribution in [3.8, 4) is 0 Å². The fourth-order valence-corrected chi connectivity index (χ4v) is 2.18. The van der Waals surface area contributed by atoms with Crippen molar-refractivity contribution in [2.75, 3.05) is 0 Å². The highest BCUT2D eigenvalue weighted by molar-refractivity contribution is 7.99. The monoisotopic (exact) mass is 266 g/mol. The highest BCUT2D eigenvalue weighted by atomic mass is 35.5. The Morgan fingerprint density at radius 3 is 2.65 bits per heavy atom. The van der Waals surface area contributed by atoms with E-state index in [1.54, 1.807) is 24.7 Å². The van der Waals surface area contributed by atoms with E-state index in [0.717, 1.165) is 15.9 Å². The molecule has 0 aliphatic carbocycles. The average molecular weight is 267 g/mol.